The smallest absolute Gasteiger partial charge is 0.462 e. The van der Waals surface area contributed by atoms with E-state index in [1.165, 1.54) is 257 Å². The molecule has 0 aliphatic carbocycles. The standard InChI is InChI=1S/C81H158O17P2/c1-6-9-12-15-18-21-24-26-28-30-31-33-37-42-47-52-57-62-67-81(86)98-77(71-92-79(84)65-60-55-50-45-40-38-34-35-39-43-48-53-58-63-74(4)5)73-96-100(89,90)94-69-75(82)68-93-99(87,88)95-72-76(70-91-78(83)64-59-54-49-44-23-20-17-14-11-8-3)97-80(85)66-61-56-51-46-41-36-32-29-27-25-22-19-16-13-10-7-2/h74-77,82H,6-73H2,1-5H3,(H,87,88)(H,89,90)/t75-,76+,77+/m0/s1. The number of aliphatic hydroxyl groups is 1. The predicted molar refractivity (Wildman–Crippen MR) is 409 cm³/mol. The van der Waals surface area contributed by atoms with Crippen LogP contribution in [0, 0.1) is 5.92 Å². The maximum absolute atomic E-state index is 13.1. The van der Waals surface area contributed by atoms with Gasteiger partial charge in [-0.3, -0.25) is 37.3 Å². The molecule has 0 aliphatic heterocycles. The fraction of sp³-hybridized carbons (Fsp3) is 0.951. The summed E-state index contributed by atoms with van der Waals surface area (Å²) >= 11 is 0. The van der Waals surface area contributed by atoms with Gasteiger partial charge in [0.2, 0.25) is 0 Å². The fourth-order valence-corrected chi connectivity index (χ4v) is 14.2. The van der Waals surface area contributed by atoms with Crippen LogP contribution in [-0.2, 0) is 65.4 Å². The molecule has 0 aromatic rings. The first-order valence-electron chi connectivity index (χ1n) is 42.1. The third-order valence-corrected chi connectivity index (χ3v) is 20.9. The highest BCUT2D eigenvalue weighted by molar-refractivity contribution is 7.47. The van der Waals surface area contributed by atoms with Crippen molar-refractivity contribution in [1.29, 1.82) is 0 Å². The van der Waals surface area contributed by atoms with Crippen LogP contribution in [0.4, 0.5) is 0 Å². The molecule has 0 amide bonds. The minimum absolute atomic E-state index is 0.109. The molecule has 0 radical (unpaired) electrons. The van der Waals surface area contributed by atoms with Gasteiger partial charge in [0.05, 0.1) is 26.4 Å². The summed E-state index contributed by atoms with van der Waals surface area (Å²) in [6.07, 6.45) is 65.1. The van der Waals surface area contributed by atoms with E-state index < -0.39 is 97.5 Å². The summed E-state index contributed by atoms with van der Waals surface area (Å²) in [6, 6.07) is 0. The Labute approximate surface area is 613 Å². The summed E-state index contributed by atoms with van der Waals surface area (Å²) in [4.78, 5) is 73.0. The largest absolute Gasteiger partial charge is 0.472 e. The Morgan fingerprint density at radius 2 is 0.460 bits per heavy atom. The second-order valence-corrected chi connectivity index (χ2v) is 32.5. The molecule has 100 heavy (non-hydrogen) atoms. The van der Waals surface area contributed by atoms with Crippen LogP contribution in [0.25, 0.3) is 0 Å². The van der Waals surface area contributed by atoms with E-state index >= 15 is 0 Å². The zero-order valence-electron chi connectivity index (χ0n) is 65.3. The third-order valence-electron chi connectivity index (χ3n) is 19.0. The molecule has 594 valence electrons. The zero-order chi connectivity index (χ0) is 73.4. The summed E-state index contributed by atoms with van der Waals surface area (Å²) in [7, 11) is -9.92. The lowest BCUT2D eigenvalue weighted by atomic mass is 10.0. The van der Waals surface area contributed by atoms with Crippen molar-refractivity contribution in [1.82, 2.24) is 0 Å². The van der Waals surface area contributed by atoms with Crippen LogP contribution in [0.15, 0.2) is 0 Å². The van der Waals surface area contributed by atoms with Gasteiger partial charge in [-0.2, -0.15) is 0 Å². The molecule has 0 bridgehead atoms. The quantitative estimate of drug-likeness (QED) is 0.0222. The van der Waals surface area contributed by atoms with Crippen LogP contribution in [0.2, 0.25) is 0 Å². The number of phosphoric ester groups is 2. The number of carbonyl (C=O) groups excluding carboxylic acids is 4. The van der Waals surface area contributed by atoms with Gasteiger partial charge in [-0.05, 0) is 31.6 Å². The summed E-state index contributed by atoms with van der Waals surface area (Å²) in [5.74, 6) is -1.31. The van der Waals surface area contributed by atoms with Gasteiger partial charge >= 0.3 is 39.5 Å². The number of unbranched alkanes of at least 4 members (excludes halogenated alkanes) is 53. The van der Waals surface area contributed by atoms with Crippen molar-refractivity contribution < 1.29 is 80.2 Å². The molecule has 0 aliphatic rings. The van der Waals surface area contributed by atoms with Gasteiger partial charge in [-0.15, -0.1) is 0 Å². The lowest BCUT2D eigenvalue weighted by molar-refractivity contribution is -0.161. The Kier molecular flexibility index (Phi) is 72.5. The second kappa shape index (κ2) is 73.9. The van der Waals surface area contributed by atoms with Crippen LogP contribution < -0.4 is 0 Å². The van der Waals surface area contributed by atoms with Crippen LogP contribution in [0.5, 0.6) is 0 Å². The van der Waals surface area contributed by atoms with Gasteiger partial charge in [0.15, 0.2) is 12.2 Å². The summed E-state index contributed by atoms with van der Waals surface area (Å²) in [6.45, 7) is 7.35. The van der Waals surface area contributed by atoms with Crippen LogP contribution >= 0.6 is 15.6 Å². The van der Waals surface area contributed by atoms with E-state index in [0.29, 0.717) is 25.7 Å². The molecular weight excluding hydrogens is 1310 g/mol. The molecule has 2 unspecified atom stereocenters. The first-order valence-corrected chi connectivity index (χ1v) is 45.1. The van der Waals surface area contributed by atoms with E-state index in [4.69, 9.17) is 37.0 Å². The predicted octanol–water partition coefficient (Wildman–Crippen LogP) is 24.4. The van der Waals surface area contributed by atoms with Crippen molar-refractivity contribution in [2.24, 2.45) is 5.92 Å². The molecule has 0 spiro atoms. The molecule has 0 fully saturated rings. The Morgan fingerprint density at radius 3 is 0.680 bits per heavy atom. The number of rotatable bonds is 81. The highest BCUT2D eigenvalue weighted by atomic mass is 31.2. The van der Waals surface area contributed by atoms with Crippen molar-refractivity contribution in [3.05, 3.63) is 0 Å². The van der Waals surface area contributed by atoms with Gasteiger partial charge in [-0.1, -0.05) is 381 Å². The molecule has 0 aromatic heterocycles. The monoisotopic (exact) mass is 1470 g/mol. The average Bonchev–Trinajstić information content (AvgIpc) is 0.936. The van der Waals surface area contributed by atoms with Crippen molar-refractivity contribution in [2.75, 3.05) is 39.6 Å². The minimum Gasteiger partial charge on any atom is -0.462 e. The molecule has 0 saturated carbocycles. The van der Waals surface area contributed by atoms with E-state index in [9.17, 15) is 43.2 Å². The summed E-state index contributed by atoms with van der Waals surface area (Å²) in [5.41, 5.74) is 0. The van der Waals surface area contributed by atoms with Crippen LogP contribution in [0.3, 0.4) is 0 Å². The number of carbonyl (C=O) groups is 4. The van der Waals surface area contributed by atoms with Crippen molar-refractivity contribution in [3.8, 4) is 0 Å². The van der Waals surface area contributed by atoms with Crippen molar-refractivity contribution in [3.63, 3.8) is 0 Å². The average molecular weight is 1470 g/mol. The van der Waals surface area contributed by atoms with Gasteiger partial charge < -0.3 is 33.8 Å². The topological polar surface area (TPSA) is 237 Å². The minimum atomic E-state index is -4.96. The number of ether oxygens (including phenoxy) is 4. The van der Waals surface area contributed by atoms with Crippen molar-refractivity contribution in [2.45, 2.75) is 451 Å². The molecule has 0 aromatic carbocycles. The van der Waals surface area contributed by atoms with E-state index in [-0.39, 0.29) is 25.7 Å². The fourth-order valence-electron chi connectivity index (χ4n) is 12.6. The van der Waals surface area contributed by atoms with Gasteiger partial charge in [0.25, 0.3) is 0 Å². The van der Waals surface area contributed by atoms with E-state index in [0.717, 1.165) is 95.8 Å². The SMILES string of the molecule is CCCCCCCCCCCCCCCCCCCCC(=O)O[C@H](COC(=O)CCCCCCCCCCCCCCCC(C)C)COP(=O)(O)OC[C@@H](O)COP(=O)(O)OC[C@@H](COC(=O)CCCCCCCCCCCC)OC(=O)CCCCCCCCCCCCCCCCCC. The Hall–Kier alpha value is -1.94. The molecule has 0 heterocycles. The molecule has 3 N–H and O–H groups in total. The second-order valence-electron chi connectivity index (χ2n) is 29.6. The Balaban J connectivity index is 5.24. The van der Waals surface area contributed by atoms with Gasteiger partial charge in [-0.25, -0.2) is 9.13 Å². The Morgan fingerprint density at radius 1 is 0.270 bits per heavy atom. The van der Waals surface area contributed by atoms with Gasteiger partial charge in [0, 0.05) is 25.7 Å². The molecule has 0 rings (SSSR count). The summed E-state index contributed by atoms with van der Waals surface area (Å²) < 4.78 is 68.7. The first kappa shape index (κ1) is 98.1. The van der Waals surface area contributed by atoms with E-state index in [1.54, 1.807) is 0 Å². The number of phosphoric acid groups is 2. The van der Waals surface area contributed by atoms with Crippen LogP contribution in [0.1, 0.15) is 433 Å². The molecule has 5 atom stereocenters. The first-order chi connectivity index (χ1) is 48.5. The molecular formula is C81H158O17P2. The maximum Gasteiger partial charge on any atom is 0.472 e. The molecule has 0 saturated heterocycles. The Bertz CT molecular complexity index is 1910. The molecule has 19 heteroatoms. The van der Waals surface area contributed by atoms with Gasteiger partial charge in [0.1, 0.15) is 19.3 Å². The number of hydrogen-bond donors (Lipinski definition) is 3. The number of hydrogen-bond acceptors (Lipinski definition) is 15. The number of aliphatic hydroxyl groups excluding tert-OH is 1. The van der Waals surface area contributed by atoms with Crippen molar-refractivity contribution >= 4 is 39.5 Å². The van der Waals surface area contributed by atoms with E-state index in [1.807, 2.05) is 0 Å². The number of esters is 4. The third kappa shape index (κ3) is 74.3. The van der Waals surface area contributed by atoms with E-state index in [2.05, 4.69) is 34.6 Å². The highest BCUT2D eigenvalue weighted by Crippen LogP contribution is 2.45. The lowest BCUT2D eigenvalue weighted by Gasteiger charge is -2.21. The normalized spacial score (nSPS) is 13.8. The zero-order valence-corrected chi connectivity index (χ0v) is 67.1. The molecule has 17 nitrogen and oxygen atoms in total. The highest BCUT2D eigenvalue weighted by Gasteiger charge is 2.30. The lowest BCUT2D eigenvalue weighted by Crippen LogP contribution is -2.30. The van der Waals surface area contributed by atoms with Crippen LogP contribution in [-0.4, -0.2) is 96.7 Å². The maximum atomic E-state index is 13.1. The summed E-state index contributed by atoms with van der Waals surface area (Å²) in [5, 5.41) is 10.6.